The highest BCUT2D eigenvalue weighted by atomic mass is 79.9. The SMILES string of the molecule is O=C(O)CCC(=O)OC1N=C(c2ccccc2Cl)c2cc(Br)ccc2NC1=O. The van der Waals surface area contributed by atoms with Crippen LogP contribution in [0.3, 0.4) is 0 Å². The number of halogens is 2. The second-order valence-electron chi connectivity index (χ2n) is 5.87. The van der Waals surface area contributed by atoms with Crippen molar-refractivity contribution in [2.45, 2.75) is 19.1 Å². The topological polar surface area (TPSA) is 105 Å². The molecular weight excluding hydrogens is 452 g/mol. The second-order valence-corrected chi connectivity index (χ2v) is 7.20. The number of esters is 1. The highest BCUT2D eigenvalue weighted by Crippen LogP contribution is 2.30. The molecule has 0 fully saturated rings. The van der Waals surface area contributed by atoms with Crippen molar-refractivity contribution in [1.82, 2.24) is 0 Å². The first kappa shape index (κ1) is 20.0. The quantitative estimate of drug-likeness (QED) is 0.656. The molecule has 1 aliphatic heterocycles. The molecule has 7 nitrogen and oxygen atoms in total. The maximum absolute atomic E-state index is 12.5. The van der Waals surface area contributed by atoms with E-state index in [9.17, 15) is 14.4 Å². The summed E-state index contributed by atoms with van der Waals surface area (Å²) in [5, 5.41) is 11.8. The number of ether oxygens (including phenoxy) is 1. The first-order valence-electron chi connectivity index (χ1n) is 8.20. The molecule has 0 aromatic heterocycles. The summed E-state index contributed by atoms with van der Waals surface area (Å²) in [7, 11) is 0. The largest absolute Gasteiger partial charge is 0.481 e. The van der Waals surface area contributed by atoms with E-state index in [0.29, 0.717) is 27.5 Å². The third-order valence-electron chi connectivity index (χ3n) is 3.88. The Kier molecular flexibility index (Phi) is 6.11. The first-order valence-corrected chi connectivity index (χ1v) is 9.37. The van der Waals surface area contributed by atoms with E-state index in [0.717, 1.165) is 4.47 Å². The van der Waals surface area contributed by atoms with Gasteiger partial charge in [-0.15, -0.1) is 0 Å². The fraction of sp³-hybridized carbons (Fsp3) is 0.158. The predicted octanol–water partition coefficient (Wildman–Crippen LogP) is 3.63. The van der Waals surface area contributed by atoms with Gasteiger partial charge in [0, 0.05) is 20.6 Å². The number of carbonyl (C=O) groups excluding carboxylic acids is 2. The van der Waals surface area contributed by atoms with Crippen LogP contribution in [-0.4, -0.2) is 34.9 Å². The number of aliphatic imine (C=N–C) groups is 1. The fourth-order valence-electron chi connectivity index (χ4n) is 2.60. The molecule has 1 amide bonds. The van der Waals surface area contributed by atoms with Gasteiger partial charge in [0.15, 0.2) is 0 Å². The minimum absolute atomic E-state index is 0.367. The van der Waals surface area contributed by atoms with Gasteiger partial charge >= 0.3 is 11.9 Å². The highest BCUT2D eigenvalue weighted by molar-refractivity contribution is 9.10. The van der Waals surface area contributed by atoms with Crippen molar-refractivity contribution in [2.75, 3.05) is 5.32 Å². The smallest absolute Gasteiger partial charge is 0.308 e. The molecular formula is C19H14BrClN2O5. The summed E-state index contributed by atoms with van der Waals surface area (Å²) >= 11 is 9.72. The van der Waals surface area contributed by atoms with Crippen LogP contribution in [-0.2, 0) is 19.1 Å². The van der Waals surface area contributed by atoms with Crippen molar-refractivity contribution in [3.63, 3.8) is 0 Å². The summed E-state index contributed by atoms with van der Waals surface area (Å²) < 4.78 is 5.89. The van der Waals surface area contributed by atoms with Gasteiger partial charge in [-0.05, 0) is 24.3 Å². The van der Waals surface area contributed by atoms with Crippen LogP contribution in [0.4, 0.5) is 5.69 Å². The molecule has 1 atom stereocenters. The van der Waals surface area contributed by atoms with E-state index in [1.807, 2.05) is 0 Å². The Hall–Kier alpha value is -2.71. The van der Waals surface area contributed by atoms with E-state index in [1.165, 1.54) is 0 Å². The molecule has 0 bridgehead atoms. The Balaban J connectivity index is 2.04. The number of fused-ring (bicyclic) bond motifs is 1. The van der Waals surface area contributed by atoms with Crippen molar-refractivity contribution in [2.24, 2.45) is 4.99 Å². The molecule has 1 aliphatic rings. The van der Waals surface area contributed by atoms with Crippen molar-refractivity contribution in [1.29, 1.82) is 0 Å². The number of carboxylic acids is 1. The Labute approximate surface area is 173 Å². The number of benzodiazepines with no additional fused rings is 1. The summed E-state index contributed by atoms with van der Waals surface area (Å²) in [6.45, 7) is 0. The minimum Gasteiger partial charge on any atom is -0.481 e. The van der Waals surface area contributed by atoms with Crippen LogP contribution in [0, 0.1) is 0 Å². The minimum atomic E-state index is -1.47. The number of hydrogen-bond donors (Lipinski definition) is 2. The summed E-state index contributed by atoms with van der Waals surface area (Å²) in [6, 6.07) is 12.2. The number of amides is 1. The highest BCUT2D eigenvalue weighted by Gasteiger charge is 2.29. The summed E-state index contributed by atoms with van der Waals surface area (Å²) in [5.74, 6) is -2.62. The van der Waals surface area contributed by atoms with Gasteiger partial charge in [0.1, 0.15) is 0 Å². The van der Waals surface area contributed by atoms with Crippen molar-refractivity contribution in [3.05, 3.63) is 63.1 Å². The number of nitrogens with one attached hydrogen (secondary N) is 1. The Bertz CT molecular complexity index is 992. The van der Waals surface area contributed by atoms with Crippen LogP contribution in [0.1, 0.15) is 24.0 Å². The fourth-order valence-corrected chi connectivity index (χ4v) is 3.19. The normalized spacial score (nSPS) is 15.7. The van der Waals surface area contributed by atoms with Crippen LogP contribution in [0.25, 0.3) is 0 Å². The van der Waals surface area contributed by atoms with E-state index in [4.69, 9.17) is 21.4 Å². The lowest BCUT2D eigenvalue weighted by Gasteiger charge is -2.12. The summed E-state index contributed by atoms with van der Waals surface area (Å²) in [5.41, 5.74) is 2.01. The number of rotatable bonds is 5. The molecule has 3 rings (SSSR count). The summed E-state index contributed by atoms with van der Waals surface area (Å²) in [4.78, 5) is 39.5. The molecule has 2 N–H and O–H groups in total. The number of aliphatic carboxylic acids is 1. The van der Waals surface area contributed by atoms with Gasteiger partial charge in [-0.3, -0.25) is 14.4 Å². The van der Waals surface area contributed by atoms with Crippen molar-refractivity contribution in [3.8, 4) is 0 Å². The second kappa shape index (κ2) is 8.53. The van der Waals surface area contributed by atoms with Crippen LogP contribution in [0.5, 0.6) is 0 Å². The molecule has 0 aliphatic carbocycles. The molecule has 2 aromatic carbocycles. The number of carbonyl (C=O) groups is 3. The number of nitrogens with zero attached hydrogens (tertiary/aromatic N) is 1. The van der Waals surface area contributed by atoms with Gasteiger partial charge in [0.2, 0.25) is 0 Å². The summed E-state index contributed by atoms with van der Waals surface area (Å²) in [6.07, 6.45) is -2.24. The molecule has 0 spiro atoms. The number of hydrogen-bond acceptors (Lipinski definition) is 5. The lowest BCUT2D eigenvalue weighted by atomic mass is 10.0. The van der Waals surface area contributed by atoms with Gasteiger partial charge in [-0.1, -0.05) is 45.7 Å². The van der Waals surface area contributed by atoms with Crippen molar-refractivity contribution < 1.29 is 24.2 Å². The number of carboxylic acid groups (broad SMARTS) is 1. The molecule has 0 saturated heterocycles. The lowest BCUT2D eigenvalue weighted by molar-refractivity contribution is -0.155. The molecule has 0 radical (unpaired) electrons. The number of anilines is 1. The van der Waals surface area contributed by atoms with E-state index >= 15 is 0 Å². The van der Waals surface area contributed by atoms with E-state index in [1.54, 1.807) is 42.5 Å². The van der Waals surface area contributed by atoms with Gasteiger partial charge in [0.05, 0.1) is 24.2 Å². The maximum Gasteiger partial charge on any atom is 0.308 e. The van der Waals surface area contributed by atoms with Gasteiger partial charge in [-0.25, -0.2) is 4.99 Å². The Morgan fingerprint density at radius 3 is 2.64 bits per heavy atom. The zero-order valence-electron chi connectivity index (χ0n) is 14.3. The van der Waals surface area contributed by atoms with Crippen molar-refractivity contribution >= 4 is 56.8 Å². The molecule has 9 heteroatoms. The van der Waals surface area contributed by atoms with E-state index in [2.05, 4.69) is 26.2 Å². The monoisotopic (exact) mass is 464 g/mol. The average Bonchev–Trinajstić information content (AvgIpc) is 2.77. The molecule has 1 unspecified atom stereocenters. The van der Waals surface area contributed by atoms with Gasteiger partial charge < -0.3 is 15.2 Å². The maximum atomic E-state index is 12.5. The molecule has 1 heterocycles. The van der Waals surface area contributed by atoms with Crippen LogP contribution in [0.2, 0.25) is 5.02 Å². The standard InChI is InChI=1S/C19H14BrClN2O5/c20-10-5-6-14-12(9-10)17(11-3-1-2-4-13(11)21)23-19(18(27)22-14)28-16(26)8-7-15(24)25/h1-6,9,19H,7-8H2,(H,22,27)(H,24,25). The Morgan fingerprint density at radius 2 is 1.93 bits per heavy atom. The molecule has 28 heavy (non-hydrogen) atoms. The zero-order chi connectivity index (χ0) is 20.3. The van der Waals surface area contributed by atoms with E-state index in [-0.39, 0.29) is 6.42 Å². The van der Waals surface area contributed by atoms with Gasteiger partial charge in [0.25, 0.3) is 12.1 Å². The molecule has 0 saturated carbocycles. The predicted molar refractivity (Wildman–Crippen MR) is 107 cm³/mol. The van der Waals surface area contributed by atoms with Gasteiger partial charge in [-0.2, -0.15) is 0 Å². The molecule has 144 valence electrons. The Morgan fingerprint density at radius 1 is 1.18 bits per heavy atom. The van der Waals surface area contributed by atoms with E-state index < -0.39 is 30.5 Å². The van der Waals surface area contributed by atoms with Crippen LogP contribution in [0.15, 0.2) is 51.9 Å². The average molecular weight is 466 g/mol. The third kappa shape index (κ3) is 4.58. The van der Waals surface area contributed by atoms with Crippen LogP contribution >= 0.6 is 27.5 Å². The van der Waals surface area contributed by atoms with Crippen LogP contribution < -0.4 is 5.32 Å². The molecule has 2 aromatic rings. The zero-order valence-corrected chi connectivity index (χ0v) is 16.7. The number of benzene rings is 2. The third-order valence-corrected chi connectivity index (χ3v) is 4.70. The first-order chi connectivity index (χ1) is 13.3. The lowest BCUT2D eigenvalue weighted by Crippen LogP contribution is -2.30.